The monoisotopic (exact) mass is 512 g/mol. The minimum Gasteiger partial charge on any atom is -0.323 e. The van der Waals surface area contributed by atoms with E-state index in [0.717, 1.165) is 15.6 Å². The Balaban J connectivity index is 1.79. The topological polar surface area (TPSA) is 34.9 Å². The molecule has 0 aliphatic rings. The molecule has 0 aliphatic carbocycles. The molecule has 0 saturated carbocycles. The maximum Gasteiger partial charge on any atom is 0.194 e. The summed E-state index contributed by atoms with van der Waals surface area (Å²) < 4.78 is 2.96. The zero-order valence-corrected chi connectivity index (χ0v) is 18.3. The van der Waals surface area contributed by atoms with Crippen LogP contribution in [0.2, 0.25) is 5.02 Å². The van der Waals surface area contributed by atoms with Crippen molar-refractivity contribution in [2.24, 2.45) is 0 Å². The van der Waals surface area contributed by atoms with Gasteiger partial charge in [-0.15, -0.1) is 0 Å². The first-order valence-electron chi connectivity index (χ1n) is 7.84. The molecule has 2 aromatic carbocycles. The van der Waals surface area contributed by atoms with Crippen molar-refractivity contribution in [3.63, 3.8) is 0 Å². The number of halogens is 3. The van der Waals surface area contributed by atoms with Gasteiger partial charge in [-0.1, -0.05) is 79.5 Å². The Hall–Kier alpha value is -1.08. The first-order chi connectivity index (χ1) is 12.5. The van der Waals surface area contributed by atoms with E-state index in [1.165, 1.54) is 11.8 Å². The largest absolute Gasteiger partial charge is 0.323 e. The summed E-state index contributed by atoms with van der Waals surface area (Å²) in [4.78, 5) is 16.7. The number of aromatic nitrogens is 2. The third kappa shape index (κ3) is 5.22. The van der Waals surface area contributed by atoms with Crippen molar-refractivity contribution in [1.82, 2.24) is 9.55 Å². The van der Waals surface area contributed by atoms with Gasteiger partial charge in [0.2, 0.25) is 0 Å². The fourth-order valence-electron chi connectivity index (χ4n) is 2.46. The summed E-state index contributed by atoms with van der Waals surface area (Å²) in [7, 11) is 0. The maximum atomic E-state index is 12.7. The fourth-order valence-corrected chi connectivity index (χ4v) is 4.80. The number of hydrogen-bond acceptors (Lipinski definition) is 3. The Kier molecular flexibility index (Phi) is 6.98. The van der Waals surface area contributed by atoms with Crippen LogP contribution in [0.3, 0.4) is 0 Å². The summed E-state index contributed by atoms with van der Waals surface area (Å²) in [5, 5.41) is 0.684. The average molecular weight is 515 g/mol. The molecule has 1 aromatic heterocycles. The number of carbonyl (C=O) groups is 1. The molecule has 26 heavy (non-hydrogen) atoms. The van der Waals surface area contributed by atoms with Crippen molar-refractivity contribution < 1.29 is 4.79 Å². The van der Waals surface area contributed by atoms with Crippen LogP contribution in [-0.2, 0) is 11.2 Å². The van der Waals surface area contributed by atoms with Crippen molar-refractivity contribution in [3.8, 4) is 0 Å². The highest BCUT2D eigenvalue weighted by Crippen LogP contribution is 2.43. The van der Waals surface area contributed by atoms with Crippen LogP contribution in [0.1, 0.15) is 21.3 Å². The van der Waals surface area contributed by atoms with E-state index >= 15 is 0 Å². The maximum absolute atomic E-state index is 12.7. The first kappa shape index (κ1) is 19.7. The molecule has 0 spiro atoms. The van der Waals surface area contributed by atoms with E-state index in [-0.39, 0.29) is 15.3 Å². The number of rotatable bonds is 6. The van der Waals surface area contributed by atoms with Crippen molar-refractivity contribution >= 4 is 60.3 Å². The van der Waals surface area contributed by atoms with E-state index in [9.17, 15) is 4.79 Å². The summed E-state index contributed by atoms with van der Waals surface area (Å²) in [6.45, 7) is 0. The van der Waals surface area contributed by atoms with Gasteiger partial charge < -0.3 is 4.57 Å². The van der Waals surface area contributed by atoms with Gasteiger partial charge in [-0.05, 0) is 35.4 Å². The SMILES string of the molecule is O=C(Cc1ccc(Cl)cc1)SC(c1ccc(Br)cc1)C(Br)n1ccnc1. The van der Waals surface area contributed by atoms with Crippen molar-refractivity contribution in [1.29, 1.82) is 0 Å². The molecular weight excluding hydrogens is 500 g/mol. The normalized spacial score (nSPS) is 13.3. The van der Waals surface area contributed by atoms with E-state index in [0.29, 0.717) is 11.4 Å². The fraction of sp³-hybridized carbons (Fsp3) is 0.158. The highest BCUT2D eigenvalue weighted by Gasteiger charge is 2.26. The van der Waals surface area contributed by atoms with Crippen LogP contribution >= 0.6 is 55.2 Å². The second-order valence-electron chi connectivity index (χ2n) is 5.65. The summed E-state index contributed by atoms with van der Waals surface area (Å²) in [6, 6.07) is 15.4. The predicted octanol–water partition coefficient (Wildman–Crippen LogP) is 6.44. The van der Waals surface area contributed by atoms with Crippen LogP contribution in [0.4, 0.5) is 0 Å². The summed E-state index contributed by atoms with van der Waals surface area (Å²) in [6.07, 6.45) is 5.72. The molecule has 3 aromatic rings. The van der Waals surface area contributed by atoms with Gasteiger partial charge in [0, 0.05) is 28.3 Å². The van der Waals surface area contributed by atoms with E-state index in [1.807, 2.05) is 47.2 Å². The Labute approximate surface area is 178 Å². The molecule has 7 heteroatoms. The molecular formula is C19H15Br2ClN2OS. The average Bonchev–Trinajstić information content (AvgIpc) is 3.17. The van der Waals surface area contributed by atoms with Gasteiger partial charge in [0.1, 0.15) is 4.95 Å². The lowest BCUT2D eigenvalue weighted by Crippen LogP contribution is -2.12. The number of thioether (sulfide) groups is 1. The highest BCUT2D eigenvalue weighted by molar-refractivity contribution is 9.10. The van der Waals surface area contributed by atoms with Gasteiger partial charge in [-0.25, -0.2) is 4.98 Å². The number of carbonyl (C=O) groups excluding carboxylic acids is 1. The molecule has 3 rings (SSSR count). The number of benzene rings is 2. The molecule has 2 atom stereocenters. The lowest BCUT2D eigenvalue weighted by atomic mass is 10.1. The molecule has 0 N–H and O–H groups in total. The minimum atomic E-state index is -0.0923. The lowest BCUT2D eigenvalue weighted by Gasteiger charge is -2.23. The van der Waals surface area contributed by atoms with Crippen molar-refractivity contribution in [3.05, 3.63) is 87.9 Å². The van der Waals surface area contributed by atoms with Crippen LogP contribution in [0.15, 0.2) is 71.7 Å². The Morgan fingerprint density at radius 3 is 2.46 bits per heavy atom. The Bertz CT molecular complexity index is 854. The second kappa shape index (κ2) is 9.22. The van der Waals surface area contributed by atoms with Crippen LogP contribution in [-0.4, -0.2) is 14.7 Å². The molecule has 0 saturated heterocycles. The van der Waals surface area contributed by atoms with Gasteiger partial charge in [0.25, 0.3) is 0 Å². The van der Waals surface area contributed by atoms with E-state index in [1.54, 1.807) is 24.7 Å². The lowest BCUT2D eigenvalue weighted by molar-refractivity contribution is -0.110. The molecule has 0 radical (unpaired) electrons. The minimum absolute atomic E-state index is 0.0860. The van der Waals surface area contributed by atoms with E-state index < -0.39 is 0 Å². The molecule has 0 amide bonds. The Morgan fingerprint density at radius 1 is 1.15 bits per heavy atom. The van der Waals surface area contributed by atoms with E-state index in [2.05, 4.69) is 36.8 Å². The molecule has 0 aliphatic heterocycles. The number of hydrogen-bond donors (Lipinski definition) is 0. The second-order valence-corrected chi connectivity index (χ2v) is 9.14. The summed E-state index contributed by atoms with van der Waals surface area (Å²) >= 11 is 14.4. The summed E-state index contributed by atoms with van der Waals surface area (Å²) in [5.74, 6) is 0. The third-order valence-electron chi connectivity index (χ3n) is 3.78. The zero-order valence-electron chi connectivity index (χ0n) is 13.6. The molecule has 3 nitrogen and oxygen atoms in total. The number of nitrogens with zero attached hydrogens (tertiary/aromatic N) is 2. The molecule has 2 unspecified atom stereocenters. The van der Waals surface area contributed by atoms with Gasteiger partial charge in [0.05, 0.1) is 11.6 Å². The number of alkyl halides is 1. The van der Waals surface area contributed by atoms with Crippen LogP contribution in [0, 0.1) is 0 Å². The Morgan fingerprint density at radius 2 is 1.85 bits per heavy atom. The third-order valence-corrected chi connectivity index (χ3v) is 7.10. The van der Waals surface area contributed by atoms with E-state index in [4.69, 9.17) is 11.6 Å². The smallest absolute Gasteiger partial charge is 0.194 e. The first-order valence-corrected chi connectivity index (χ1v) is 10.8. The number of imidazole rings is 1. The standard InChI is InChI=1S/C19H15Br2ClN2OS/c20-15-5-3-14(4-6-15)18(19(21)24-10-9-23-12-24)26-17(25)11-13-1-7-16(22)8-2-13/h1-10,12,18-19H,11H2. The molecule has 0 bridgehead atoms. The predicted molar refractivity (Wildman–Crippen MR) is 115 cm³/mol. The van der Waals surface area contributed by atoms with Crippen LogP contribution in [0.25, 0.3) is 0 Å². The van der Waals surface area contributed by atoms with Crippen LogP contribution < -0.4 is 0 Å². The zero-order chi connectivity index (χ0) is 18.5. The van der Waals surface area contributed by atoms with Crippen molar-refractivity contribution in [2.45, 2.75) is 16.6 Å². The van der Waals surface area contributed by atoms with Gasteiger partial charge in [-0.3, -0.25) is 4.79 Å². The molecule has 1 heterocycles. The van der Waals surface area contributed by atoms with Gasteiger partial charge in [-0.2, -0.15) is 0 Å². The quantitative estimate of drug-likeness (QED) is 0.355. The van der Waals surface area contributed by atoms with Crippen molar-refractivity contribution in [2.75, 3.05) is 0 Å². The van der Waals surface area contributed by atoms with Gasteiger partial charge >= 0.3 is 0 Å². The summed E-state index contributed by atoms with van der Waals surface area (Å²) in [5.41, 5.74) is 2.02. The highest BCUT2D eigenvalue weighted by atomic mass is 79.9. The van der Waals surface area contributed by atoms with Gasteiger partial charge in [0.15, 0.2) is 5.12 Å². The molecule has 0 fully saturated rings. The van der Waals surface area contributed by atoms with Crippen LogP contribution in [0.5, 0.6) is 0 Å². The molecule has 134 valence electrons.